The van der Waals surface area contributed by atoms with Gasteiger partial charge in [-0.25, -0.2) is 0 Å². The molecule has 0 radical (unpaired) electrons. The lowest BCUT2D eigenvalue weighted by Gasteiger charge is -2.47. The molecule has 12 N–H and O–H groups in total. The van der Waals surface area contributed by atoms with Crippen molar-refractivity contribution in [1.29, 1.82) is 0 Å². The van der Waals surface area contributed by atoms with E-state index in [1.54, 1.807) is 6.92 Å². The third kappa shape index (κ3) is 5.64. The van der Waals surface area contributed by atoms with Crippen LogP contribution in [0.1, 0.15) is 13.3 Å². The number of hydrogen-bond donors (Lipinski definition) is 9. The second-order valence-corrected chi connectivity index (χ2v) is 9.99. The Bertz CT molecular complexity index is 841. The Morgan fingerprint density at radius 2 is 1.57 bits per heavy atom. The summed E-state index contributed by atoms with van der Waals surface area (Å²) < 4.78 is 23.0. The molecule has 15 atom stereocenters. The van der Waals surface area contributed by atoms with Crippen molar-refractivity contribution < 1.29 is 49.6 Å². The maximum Gasteiger partial charge on any atom is 0.187 e. The monoisotopic (exact) mass is 521 g/mol. The molecule has 3 aliphatic rings. The summed E-state index contributed by atoms with van der Waals surface area (Å²) in [6.07, 6.45) is -11.0. The number of ether oxygens (including phenoxy) is 4. The Morgan fingerprint density at radius 3 is 2.17 bits per heavy atom. The molecule has 1 saturated carbocycles. The molecule has 200 valence electrons. The van der Waals surface area contributed by atoms with Gasteiger partial charge in [0.1, 0.15) is 54.9 Å². The second-order valence-electron chi connectivity index (χ2n) is 9.06. The van der Waals surface area contributed by atoms with Crippen LogP contribution in [0, 0.1) is 12.3 Å². The molecule has 2 aliphatic heterocycles. The lowest BCUT2D eigenvalue weighted by atomic mass is 9.84. The molecule has 0 aromatic heterocycles. The van der Waals surface area contributed by atoms with Gasteiger partial charge in [0.05, 0.1) is 12.1 Å². The van der Waals surface area contributed by atoms with E-state index in [0.717, 1.165) is 10.9 Å². The SMILES string of the molecule is C#C[C@@H](O)C1O[C@H](O[C@@H]2C(N)C[C@@H](N)C(O)C2O[C@@H]2O[C@H](C(C)=S=C)C(O)C2O)C(N)C(O)[C@@H]1O. The lowest BCUT2D eigenvalue weighted by Crippen LogP contribution is -2.68. The van der Waals surface area contributed by atoms with E-state index in [2.05, 4.69) is 5.87 Å². The van der Waals surface area contributed by atoms with Gasteiger partial charge < -0.3 is 66.8 Å². The van der Waals surface area contributed by atoms with Gasteiger partial charge in [0.2, 0.25) is 0 Å². The Morgan fingerprint density at radius 1 is 0.943 bits per heavy atom. The van der Waals surface area contributed by atoms with E-state index in [4.69, 9.17) is 42.6 Å². The molecular weight excluding hydrogens is 486 g/mol. The van der Waals surface area contributed by atoms with E-state index >= 15 is 0 Å². The zero-order valence-corrected chi connectivity index (χ0v) is 19.9. The molecule has 8 unspecified atom stereocenters. The highest BCUT2D eigenvalue weighted by atomic mass is 32.1. The predicted octanol–water partition coefficient (Wildman–Crippen LogP) is -5.25. The van der Waals surface area contributed by atoms with Crippen LogP contribution in [0.2, 0.25) is 0 Å². The molecular formula is C21H35N3O10S. The van der Waals surface area contributed by atoms with E-state index in [0.29, 0.717) is 4.86 Å². The molecule has 1 aliphatic carbocycles. The van der Waals surface area contributed by atoms with Crippen LogP contribution in [0.15, 0.2) is 0 Å². The Labute approximate surface area is 206 Å². The third-order valence-corrected chi connectivity index (χ3v) is 7.35. The molecule has 0 aromatic rings. The summed E-state index contributed by atoms with van der Waals surface area (Å²) >= 11 is 0. The smallest absolute Gasteiger partial charge is 0.187 e. The quantitative estimate of drug-likeness (QED) is 0.117. The Kier molecular flexibility index (Phi) is 9.46. The van der Waals surface area contributed by atoms with Crippen molar-refractivity contribution in [2.24, 2.45) is 17.2 Å². The summed E-state index contributed by atoms with van der Waals surface area (Å²) in [4.78, 5) is 0.597. The lowest BCUT2D eigenvalue weighted by molar-refractivity contribution is -0.313. The summed E-state index contributed by atoms with van der Waals surface area (Å²) in [5.41, 5.74) is 18.2. The number of rotatable bonds is 6. The highest BCUT2D eigenvalue weighted by molar-refractivity contribution is 7.96. The number of terminal acetylenes is 1. The maximum atomic E-state index is 10.8. The van der Waals surface area contributed by atoms with Crippen molar-refractivity contribution in [3.8, 4) is 12.3 Å². The normalized spacial score (nSPS) is 49.3. The molecule has 3 fully saturated rings. The van der Waals surface area contributed by atoms with Gasteiger partial charge in [0.15, 0.2) is 12.6 Å². The fraction of sp³-hybridized carbons (Fsp3) is 0.810. The molecule has 14 heteroatoms. The number of nitrogens with two attached hydrogens (primary N) is 3. The molecule has 2 heterocycles. The van der Waals surface area contributed by atoms with Crippen molar-refractivity contribution in [3.63, 3.8) is 0 Å². The second kappa shape index (κ2) is 11.6. The van der Waals surface area contributed by atoms with E-state index in [1.165, 1.54) is 0 Å². The van der Waals surface area contributed by atoms with Gasteiger partial charge in [0.25, 0.3) is 0 Å². The fourth-order valence-electron chi connectivity index (χ4n) is 4.48. The van der Waals surface area contributed by atoms with Gasteiger partial charge in [-0.1, -0.05) is 5.92 Å². The van der Waals surface area contributed by atoms with Gasteiger partial charge in [-0.3, -0.25) is 0 Å². The zero-order chi connectivity index (χ0) is 26.2. The predicted molar refractivity (Wildman–Crippen MR) is 126 cm³/mol. The first kappa shape index (κ1) is 28.6. The molecule has 13 nitrogen and oxygen atoms in total. The van der Waals surface area contributed by atoms with Gasteiger partial charge in [-0.15, -0.1) is 6.42 Å². The van der Waals surface area contributed by atoms with Crippen LogP contribution in [-0.4, -0.2) is 133 Å². The van der Waals surface area contributed by atoms with Crippen molar-refractivity contribution in [1.82, 2.24) is 0 Å². The molecule has 2 saturated heterocycles. The van der Waals surface area contributed by atoms with Gasteiger partial charge in [0, 0.05) is 16.9 Å². The largest absolute Gasteiger partial charge is 0.389 e. The van der Waals surface area contributed by atoms with E-state index < -0.39 is 91.7 Å². The van der Waals surface area contributed by atoms with Crippen LogP contribution < -0.4 is 17.2 Å². The van der Waals surface area contributed by atoms with E-state index in [-0.39, 0.29) is 6.42 Å². The Balaban J connectivity index is 1.83. The van der Waals surface area contributed by atoms with Crippen molar-refractivity contribution in [2.75, 3.05) is 0 Å². The summed E-state index contributed by atoms with van der Waals surface area (Å²) in [5, 5.41) is 62.2. The number of hydrogen-bond acceptors (Lipinski definition) is 13. The first-order chi connectivity index (χ1) is 16.4. The minimum Gasteiger partial charge on any atom is -0.389 e. The molecule has 0 spiro atoms. The minimum atomic E-state index is -1.59. The molecule has 0 aromatic carbocycles. The zero-order valence-electron chi connectivity index (χ0n) is 19.1. The summed E-state index contributed by atoms with van der Waals surface area (Å²) in [5.74, 6) is 5.67. The highest BCUT2D eigenvalue weighted by Gasteiger charge is 2.53. The molecule has 3 rings (SSSR count). The average Bonchev–Trinajstić information content (AvgIpc) is 3.11. The number of aliphatic hydroxyl groups excluding tert-OH is 6. The van der Waals surface area contributed by atoms with E-state index in [1.807, 2.05) is 5.92 Å². The van der Waals surface area contributed by atoms with Crippen LogP contribution in [0.5, 0.6) is 0 Å². The van der Waals surface area contributed by atoms with Gasteiger partial charge in [-0.05, 0) is 19.2 Å². The molecule has 0 bridgehead atoms. The van der Waals surface area contributed by atoms with Gasteiger partial charge >= 0.3 is 0 Å². The summed E-state index contributed by atoms with van der Waals surface area (Å²) in [6, 6.07) is -2.92. The molecule has 35 heavy (non-hydrogen) atoms. The van der Waals surface area contributed by atoms with Crippen LogP contribution in [-0.2, 0) is 18.9 Å². The van der Waals surface area contributed by atoms with Crippen LogP contribution in [0.4, 0.5) is 0 Å². The maximum absolute atomic E-state index is 10.8. The van der Waals surface area contributed by atoms with Crippen LogP contribution >= 0.6 is 10.9 Å². The Hall–Kier alpha value is -1.00. The topological polar surface area (TPSA) is 236 Å². The minimum absolute atomic E-state index is 0.111. The third-order valence-electron chi connectivity index (χ3n) is 6.66. The van der Waals surface area contributed by atoms with Crippen molar-refractivity contribution >= 4 is 21.7 Å². The van der Waals surface area contributed by atoms with Crippen molar-refractivity contribution in [3.05, 3.63) is 0 Å². The fourth-order valence-corrected chi connectivity index (χ4v) is 4.84. The average molecular weight is 522 g/mol. The first-order valence-corrected chi connectivity index (χ1v) is 12.1. The molecule has 0 amide bonds. The highest BCUT2D eigenvalue weighted by Crippen LogP contribution is 2.32. The summed E-state index contributed by atoms with van der Waals surface area (Å²) in [6.45, 7) is 1.68. The first-order valence-electron chi connectivity index (χ1n) is 11.1. The van der Waals surface area contributed by atoms with E-state index in [9.17, 15) is 30.6 Å². The summed E-state index contributed by atoms with van der Waals surface area (Å²) in [7, 11) is 1.10. The van der Waals surface area contributed by atoms with Crippen LogP contribution in [0.3, 0.4) is 0 Å². The van der Waals surface area contributed by atoms with Crippen molar-refractivity contribution in [2.45, 2.75) is 105 Å². The number of aliphatic hydroxyl groups is 6. The van der Waals surface area contributed by atoms with Crippen LogP contribution in [0.25, 0.3) is 0 Å². The van der Waals surface area contributed by atoms with Gasteiger partial charge in [-0.2, -0.15) is 10.9 Å². The standard InChI is InChI=1S/C21H35N3O10S/c1-4-9(25)18-13(28)12(27)10(24)20(33-18)32-17-8(23)5-7(22)11(26)19(17)34-21-15(30)14(29)16(31-21)6(2)35-3/h1,7-21,25-30H,3,5,22-24H2,2H3/t7-,8?,9-,10?,11?,12?,13+,14?,15?,16-,17-,18?,19?,20+,21+/m1/s1.